The van der Waals surface area contributed by atoms with Crippen molar-refractivity contribution in [2.75, 3.05) is 7.11 Å². The second kappa shape index (κ2) is 6.74. The fourth-order valence-electron chi connectivity index (χ4n) is 3.41. The summed E-state index contributed by atoms with van der Waals surface area (Å²) in [5, 5.41) is 0. The second-order valence-corrected chi connectivity index (χ2v) is 7.31. The number of carbonyl (C=O) groups is 1. The number of allylic oxidation sites excluding steroid dienone is 3. The fourth-order valence-corrected chi connectivity index (χ4v) is 3.41. The van der Waals surface area contributed by atoms with Crippen LogP contribution in [0.2, 0.25) is 0 Å². The van der Waals surface area contributed by atoms with Crippen molar-refractivity contribution >= 4 is 5.78 Å². The van der Waals surface area contributed by atoms with Crippen LogP contribution in [0.1, 0.15) is 57.6 Å². The van der Waals surface area contributed by atoms with E-state index < -0.39 is 0 Å². The summed E-state index contributed by atoms with van der Waals surface area (Å²) in [7, 11) is 1.70. The first kappa shape index (κ1) is 17.5. The quantitative estimate of drug-likeness (QED) is 0.744. The molecular formula is C21H28O2. The van der Waals surface area contributed by atoms with E-state index in [2.05, 4.69) is 52.5 Å². The molecule has 1 aliphatic carbocycles. The number of ketones is 1. The van der Waals surface area contributed by atoms with E-state index in [-0.39, 0.29) is 11.2 Å². The highest BCUT2D eigenvalue weighted by Crippen LogP contribution is 2.40. The van der Waals surface area contributed by atoms with Crippen molar-refractivity contribution in [3.05, 3.63) is 53.1 Å². The number of rotatable bonds is 5. The molecule has 0 amide bonds. The molecule has 0 spiro atoms. The summed E-state index contributed by atoms with van der Waals surface area (Å²) < 4.78 is 5.54. The van der Waals surface area contributed by atoms with E-state index in [1.165, 1.54) is 5.56 Å². The predicted molar refractivity (Wildman–Crippen MR) is 96.0 cm³/mol. The molecule has 1 aromatic carbocycles. The molecule has 1 aliphatic rings. The van der Waals surface area contributed by atoms with E-state index in [0.29, 0.717) is 18.8 Å². The summed E-state index contributed by atoms with van der Waals surface area (Å²) in [5.41, 5.74) is 4.35. The first-order chi connectivity index (χ1) is 10.8. The number of hydrogen-bond donors (Lipinski definition) is 0. The molecule has 0 N–H and O–H groups in total. The Balaban J connectivity index is 2.42. The van der Waals surface area contributed by atoms with Gasteiger partial charge in [-0.2, -0.15) is 0 Å². The molecule has 0 bridgehead atoms. The van der Waals surface area contributed by atoms with Gasteiger partial charge in [0.05, 0.1) is 7.11 Å². The van der Waals surface area contributed by atoms with Crippen molar-refractivity contribution in [2.24, 2.45) is 5.41 Å². The van der Waals surface area contributed by atoms with E-state index in [1.54, 1.807) is 7.11 Å². The Morgan fingerprint density at radius 2 is 2.04 bits per heavy atom. The summed E-state index contributed by atoms with van der Waals surface area (Å²) in [5.74, 6) is 1.57. The van der Waals surface area contributed by atoms with Gasteiger partial charge in [0.25, 0.3) is 0 Å². The standard InChI is InChI=1S/C21H28O2/c1-7-18-17(19(22)10-11-21(18,4)5)12-15-8-9-16(14(2)3)20(13-15)23-6/h7-9,13-14H,1,10-12H2,2-6H3. The van der Waals surface area contributed by atoms with Gasteiger partial charge < -0.3 is 4.74 Å². The molecule has 0 radical (unpaired) electrons. The maximum Gasteiger partial charge on any atom is 0.159 e. The van der Waals surface area contributed by atoms with Crippen LogP contribution in [0.4, 0.5) is 0 Å². The molecule has 124 valence electrons. The highest BCUT2D eigenvalue weighted by atomic mass is 16.5. The molecular weight excluding hydrogens is 284 g/mol. The van der Waals surface area contributed by atoms with Gasteiger partial charge >= 0.3 is 0 Å². The van der Waals surface area contributed by atoms with E-state index >= 15 is 0 Å². The van der Waals surface area contributed by atoms with Gasteiger partial charge in [-0.3, -0.25) is 4.79 Å². The predicted octanol–water partition coefficient (Wildman–Crippen LogP) is 5.23. The van der Waals surface area contributed by atoms with Crippen LogP contribution in [0.3, 0.4) is 0 Å². The molecule has 0 saturated heterocycles. The van der Waals surface area contributed by atoms with Crippen LogP contribution in [-0.2, 0) is 11.2 Å². The molecule has 1 aromatic rings. The molecule has 0 aromatic heterocycles. The fraction of sp³-hybridized carbons (Fsp3) is 0.476. The van der Waals surface area contributed by atoms with Gasteiger partial charge in [0, 0.05) is 18.4 Å². The van der Waals surface area contributed by atoms with Gasteiger partial charge in [-0.05, 0) is 40.5 Å². The molecule has 2 rings (SSSR count). The van der Waals surface area contributed by atoms with Crippen LogP contribution in [0.5, 0.6) is 5.75 Å². The molecule has 0 fully saturated rings. The Morgan fingerprint density at radius 3 is 2.61 bits per heavy atom. The van der Waals surface area contributed by atoms with Gasteiger partial charge in [0.1, 0.15) is 5.75 Å². The van der Waals surface area contributed by atoms with Crippen LogP contribution in [0.15, 0.2) is 42.0 Å². The van der Waals surface area contributed by atoms with Crippen LogP contribution in [0.25, 0.3) is 0 Å². The van der Waals surface area contributed by atoms with E-state index in [9.17, 15) is 4.79 Å². The monoisotopic (exact) mass is 312 g/mol. The van der Waals surface area contributed by atoms with E-state index in [4.69, 9.17) is 4.74 Å². The van der Waals surface area contributed by atoms with Gasteiger partial charge in [0.15, 0.2) is 5.78 Å². The maximum atomic E-state index is 12.4. The minimum Gasteiger partial charge on any atom is -0.496 e. The van der Waals surface area contributed by atoms with Crippen molar-refractivity contribution < 1.29 is 9.53 Å². The first-order valence-electron chi connectivity index (χ1n) is 8.36. The largest absolute Gasteiger partial charge is 0.496 e. The van der Waals surface area contributed by atoms with Gasteiger partial charge in [0.2, 0.25) is 0 Å². The molecule has 0 unspecified atom stereocenters. The average molecular weight is 312 g/mol. The van der Waals surface area contributed by atoms with Crippen LogP contribution < -0.4 is 4.74 Å². The zero-order valence-electron chi connectivity index (χ0n) is 15.0. The Morgan fingerprint density at radius 1 is 1.35 bits per heavy atom. The lowest BCUT2D eigenvalue weighted by atomic mass is 9.71. The highest BCUT2D eigenvalue weighted by molar-refractivity contribution is 5.98. The summed E-state index contributed by atoms with van der Waals surface area (Å²) in [6.07, 6.45) is 4.04. The average Bonchev–Trinajstić information content (AvgIpc) is 2.50. The van der Waals surface area contributed by atoms with Gasteiger partial charge in [-0.15, -0.1) is 0 Å². The number of Topliss-reactive ketones (excluding diaryl/α,β-unsaturated/α-hetero) is 1. The third-order valence-electron chi connectivity index (χ3n) is 4.87. The Labute approximate surface area is 140 Å². The van der Waals surface area contributed by atoms with Crippen molar-refractivity contribution in [1.29, 1.82) is 0 Å². The highest BCUT2D eigenvalue weighted by Gasteiger charge is 2.32. The molecule has 0 saturated carbocycles. The zero-order chi connectivity index (χ0) is 17.2. The third kappa shape index (κ3) is 3.57. The SMILES string of the molecule is C=CC1=C(Cc2ccc(C(C)C)c(OC)c2)C(=O)CCC1(C)C. The van der Waals surface area contributed by atoms with Gasteiger partial charge in [-0.1, -0.05) is 52.5 Å². The number of benzene rings is 1. The van der Waals surface area contributed by atoms with Crippen LogP contribution in [-0.4, -0.2) is 12.9 Å². The van der Waals surface area contributed by atoms with Crippen molar-refractivity contribution in [2.45, 2.75) is 52.9 Å². The minimum absolute atomic E-state index is 0.0208. The number of ether oxygens (including phenoxy) is 1. The molecule has 0 heterocycles. The summed E-state index contributed by atoms with van der Waals surface area (Å²) in [4.78, 5) is 12.4. The molecule has 0 atom stereocenters. The summed E-state index contributed by atoms with van der Waals surface area (Å²) in [6.45, 7) is 12.6. The Bertz CT molecular complexity index is 648. The number of carbonyl (C=O) groups excluding carboxylic acids is 1. The molecule has 23 heavy (non-hydrogen) atoms. The Kier molecular flexibility index (Phi) is 5.13. The second-order valence-electron chi connectivity index (χ2n) is 7.31. The minimum atomic E-state index is 0.0208. The number of hydrogen-bond acceptors (Lipinski definition) is 2. The first-order valence-corrected chi connectivity index (χ1v) is 8.36. The molecule has 2 nitrogen and oxygen atoms in total. The lowest BCUT2D eigenvalue weighted by Gasteiger charge is -2.33. The van der Waals surface area contributed by atoms with Crippen molar-refractivity contribution in [3.63, 3.8) is 0 Å². The summed E-state index contributed by atoms with van der Waals surface area (Å²) in [6, 6.07) is 6.30. The maximum absolute atomic E-state index is 12.4. The van der Waals surface area contributed by atoms with E-state index in [0.717, 1.165) is 28.9 Å². The van der Waals surface area contributed by atoms with Crippen molar-refractivity contribution in [3.8, 4) is 5.75 Å². The zero-order valence-corrected chi connectivity index (χ0v) is 15.0. The van der Waals surface area contributed by atoms with Crippen LogP contribution in [0, 0.1) is 5.41 Å². The molecule has 0 aliphatic heterocycles. The lowest BCUT2D eigenvalue weighted by Crippen LogP contribution is -2.26. The normalized spacial score (nSPS) is 17.6. The lowest BCUT2D eigenvalue weighted by molar-refractivity contribution is -0.116. The third-order valence-corrected chi connectivity index (χ3v) is 4.87. The van der Waals surface area contributed by atoms with Crippen molar-refractivity contribution in [1.82, 2.24) is 0 Å². The summed E-state index contributed by atoms with van der Waals surface area (Å²) >= 11 is 0. The van der Waals surface area contributed by atoms with Gasteiger partial charge in [-0.25, -0.2) is 0 Å². The Hall–Kier alpha value is -1.83. The topological polar surface area (TPSA) is 26.3 Å². The number of methoxy groups -OCH3 is 1. The van der Waals surface area contributed by atoms with Crippen LogP contribution >= 0.6 is 0 Å². The smallest absolute Gasteiger partial charge is 0.159 e. The molecule has 2 heteroatoms. The van der Waals surface area contributed by atoms with E-state index in [1.807, 2.05) is 6.08 Å².